The second kappa shape index (κ2) is 10.1. The van der Waals surface area contributed by atoms with Gasteiger partial charge in [0.05, 0.1) is 0 Å². The van der Waals surface area contributed by atoms with E-state index in [0.717, 1.165) is 25.9 Å². The van der Waals surface area contributed by atoms with Crippen molar-refractivity contribution in [3.05, 3.63) is 77.9 Å². The van der Waals surface area contributed by atoms with E-state index < -0.39 is 20.7 Å². The number of nitrogens with zero attached hydrogens (tertiary/aromatic N) is 4. The van der Waals surface area contributed by atoms with Crippen molar-refractivity contribution in [3.8, 4) is 0 Å². The lowest BCUT2D eigenvalue weighted by atomic mass is 9.98. The second-order valence-electron chi connectivity index (χ2n) is 8.71. The predicted octanol–water partition coefficient (Wildman–Crippen LogP) is 4.39. The van der Waals surface area contributed by atoms with Crippen molar-refractivity contribution in [2.75, 3.05) is 29.8 Å². The number of anilines is 2. The summed E-state index contributed by atoms with van der Waals surface area (Å²) >= 11 is 0. The summed E-state index contributed by atoms with van der Waals surface area (Å²) in [6.07, 6.45) is 4.72. The zero-order valence-electron chi connectivity index (χ0n) is 19.6. The molecule has 1 N–H and O–H groups in total. The molecule has 2 heterocycles. The summed E-state index contributed by atoms with van der Waals surface area (Å²) in [6, 6.07) is 15.3. The van der Waals surface area contributed by atoms with Gasteiger partial charge in [0.1, 0.15) is 10.7 Å². The Labute approximate surface area is 200 Å². The summed E-state index contributed by atoms with van der Waals surface area (Å²) in [5.41, 5.74) is 2.69. The van der Waals surface area contributed by atoms with Crippen LogP contribution in [0, 0.1) is 12.7 Å². The van der Waals surface area contributed by atoms with E-state index in [1.807, 2.05) is 13.1 Å². The molecule has 2 aromatic carbocycles. The first kappa shape index (κ1) is 24.1. The van der Waals surface area contributed by atoms with Gasteiger partial charge in [-0.3, -0.25) is 4.90 Å². The van der Waals surface area contributed by atoms with Crippen molar-refractivity contribution in [2.45, 2.75) is 43.7 Å². The van der Waals surface area contributed by atoms with Crippen LogP contribution >= 0.6 is 0 Å². The Morgan fingerprint density at radius 1 is 1.09 bits per heavy atom. The lowest BCUT2D eigenvalue weighted by molar-refractivity contribution is 0.162. The Bertz CT molecular complexity index is 1220. The first-order chi connectivity index (χ1) is 16.3. The fourth-order valence-corrected chi connectivity index (χ4v) is 5.66. The van der Waals surface area contributed by atoms with Crippen LogP contribution in [0.3, 0.4) is 0 Å². The van der Waals surface area contributed by atoms with Gasteiger partial charge in [-0.2, -0.15) is 0 Å². The van der Waals surface area contributed by atoms with Crippen molar-refractivity contribution >= 4 is 21.7 Å². The van der Waals surface area contributed by atoms with Gasteiger partial charge in [0.25, 0.3) is 10.0 Å². The minimum atomic E-state index is -4.15. The maximum absolute atomic E-state index is 15.0. The third-order valence-corrected chi connectivity index (χ3v) is 7.93. The van der Waals surface area contributed by atoms with Crippen LogP contribution in [0.5, 0.6) is 0 Å². The van der Waals surface area contributed by atoms with Gasteiger partial charge in [-0.15, -0.1) is 0 Å². The Hall–Kier alpha value is -3.04. The summed E-state index contributed by atoms with van der Waals surface area (Å²) in [4.78, 5) is 11.8. The number of hydrogen-bond acceptors (Lipinski definition) is 6. The Balaban J connectivity index is 1.46. The van der Waals surface area contributed by atoms with Gasteiger partial charge >= 0.3 is 0 Å². The molecule has 1 fully saturated rings. The summed E-state index contributed by atoms with van der Waals surface area (Å²) in [6.45, 7) is 5.92. The van der Waals surface area contributed by atoms with E-state index >= 15 is 4.39 Å². The van der Waals surface area contributed by atoms with Crippen LogP contribution in [-0.2, 0) is 10.0 Å². The maximum atomic E-state index is 15.0. The molecule has 0 saturated carbocycles. The number of likely N-dealkylation sites (tertiary alicyclic amines) is 1. The molecule has 34 heavy (non-hydrogen) atoms. The van der Waals surface area contributed by atoms with Crippen LogP contribution in [0.4, 0.5) is 16.0 Å². The van der Waals surface area contributed by atoms with E-state index in [2.05, 4.69) is 55.7 Å². The Morgan fingerprint density at radius 2 is 1.74 bits per heavy atom. The Morgan fingerprint density at radius 3 is 2.38 bits per heavy atom. The zero-order valence-corrected chi connectivity index (χ0v) is 20.5. The fraction of sp³-hybridized carbons (Fsp3) is 0.360. The van der Waals surface area contributed by atoms with Gasteiger partial charge in [-0.1, -0.05) is 30.3 Å². The average molecular weight is 484 g/mol. The largest absolute Gasteiger partial charge is 0.371 e. The summed E-state index contributed by atoms with van der Waals surface area (Å²) < 4.78 is 42.7. The van der Waals surface area contributed by atoms with E-state index in [1.165, 1.54) is 30.1 Å². The van der Waals surface area contributed by atoms with Crippen LogP contribution in [0.1, 0.15) is 36.9 Å². The quantitative estimate of drug-likeness (QED) is 0.537. The number of nitrogens with one attached hydrogen (secondary N) is 1. The molecular weight excluding hydrogens is 453 g/mol. The zero-order chi connectivity index (χ0) is 24.3. The highest BCUT2D eigenvalue weighted by molar-refractivity contribution is 7.92. The molecule has 1 aliphatic heterocycles. The average Bonchev–Trinajstić information content (AvgIpc) is 2.85. The van der Waals surface area contributed by atoms with E-state index in [1.54, 1.807) is 13.0 Å². The van der Waals surface area contributed by atoms with Gasteiger partial charge < -0.3 is 4.90 Å². The monoisotopic (exact) mass is 483 g/mol. The van der Waals surface area contributed by atoms with Crippen molar-refractivity contribution < 1.29 is 12.8 Å². The molecule has 180 valence electrons. The summed E-state index contributed by atoms with van der Waals surface area (Å²) in [5.74, 6) is -0.900. The molecule has 3 aromatic rings. The number of aromatic nitrogens is 2. The molecule has 1 saturated heterocycles. The highest BCUT2D eigenvalue weighted by Crippen LogP contribution is 2.31. The predicted molar refractivity (Wildman–Crippen MR) is 132 cm³/mol. The van der Waals surface area contributed by atoms with Crippen LogP contribution in [0.15, 0.2) is 65.8 Å². The smallest absolute Gasteiger partial charge is 0.267 e. The number of benzene rings is 2. The third kappa shape index (κ3) is 5.20. The molecule has 7 nitrogen and oxygen atoms in total. The summed E-state index contributed by atoms with van der Waals surface area (Å²) in [7, 11) is -2.20. The van der Waals surface area contributed by atoms with Gasteiger partial charge in [-0.25, -0.2) is 27.5 Å². The first-order valence-corrected chi connectivity index (χ1v) is 12.9. The highest BCUT2D eigenvalue weighted by Gasteiger charge is 2.28. The molecule has 0 radical (unpaired) electrons. The minimum absolute atomic E-state index is 0.0998. The normalized spacial score (nSPS) is 16.2. The van der Waals surface area contributed by atoms with Crippen LogP contribution in [0.25, 0.3) is 0 Å². The molecule has 1 atom stereocenters. The molecule has 0 spiro atoms. The highest BCUT2D eigenvalue weighted by atomic mass is 32.2. The number of aryl methyl sites for hydroxylation is 1. The second-order valence-corrected chi connectivity index (χ2v) is 10.4. The number of sulfonamides is 1. The molecule has 0 aliphatic carbocycles. The lowest BCUT2D eigenvalue weighted by Crippen LogP contribution is -2.44. The minimum Gasteiger partial charge on any atom is -0.371 e. The summed E-state index contributed by atoms with van der Waals surface area (Å²) in [5, 5.41) is 0. The van der Waals surface area contributed by atoms with E-state index in [-0.39, 0.29) is 12.0 Å². The van der Waals surface area contributed by atoms with Gasteiger partial charge in [0.2, 0.25) is 5.95 Å². The molecule has 1 aliphatic rings. The lowest BCUT2D eigenvalue weighted by Gasteiger charge is -2.40. The van der Waals surface area contributed by atoms with E-state index in [4.69, 9.17) is 0 Å². The van der Waals surface area contributed by atoms with Crippen molar-refractivity contribution in [2.24, 2.45) is 0 Å². The maximum Gasteiger partial charge on any atom is 0.267 e. The Kier molecular flexibility index (Phi) is 7.13. The fourth-order valence-electron chi connectivity index (χ4n) is 4.56. The molecule has 1 unspecified atom stereocenters. The molecular formula is C25H30FN5O2S. The van der Waals surface area contributed by atoms with E-state index in [0.29, 0.717) is 17.3 Å². The number of rotatable bonds is 7. The topological polar surface area (TPSA) is 78.4 Å². The van der Waals surface area contributed by atoms with Crippen LogP contribution < -0.4 is 9.62 Å². The third-order valence-electron chi connectivity index (χ3n) is 6.59. The van der Waals surface area contributed by atoms with Gasteiger partial charge in [0.15, 0.2) is 0 Å². The van der Waals surface area contributed by atoms with Gasteiger partial charge in [-0.05, 0) is 56.0 Å². The van der Waals surface area contributed by atoms with Gasteiger partial charge in [0, 0.05) is 50.3 Å². The van der Waals surface area contributed by atoms with E-state index in [9.17, 15) is 8.42 Å². The first-order valence-electron chi connectivity index (χ1n) is 11.4. The molecule has 1 aromatic heterocycles. The van der Waals surface area contributed by atoms with Crippen molar-refractivity contribution in [1.82, 2.24) is 14.9 Å². The molecule has 9 heteroatoms. The van der Waals surface area contributed by atoms with Crippen molar-refractivity contribution in [3.63, 3.8) is 0 Å². The standard InChI is InChI=1S/C25H30FN5O2S/c1-18-16-24(34(32,33)29-25-27-12-7-13-28-25)22(26)17-23(18)30(3)21-10-14-31(15-11-21)19(2)20-8-5-4-6-9-20/h4-9,12-13,16-17,19,21H,10-11,14-15H2,1-3H3,(H,27,28,29). The number of piperidine rings is 1. The number of hydrogen-bond donors (Lipinski definition) is 1. The van der Waals surface area contributed by atoms with Crippen LogP contribution in [0.2, 0.25) is 0 Å². The molecule has 0 bridgehead atoms. The van der Waals surface area contributed by atoms with Crippen molar-refractivity contribution in [1.29, 1.82) is 0 Å². The number of halogens is 1. The molecule has 4 rings (SSSR count). The molecule has 0 amide bonds. The SMILES string of the molecule is Cc1cc(S(=O)(=O)Nc2ncccn2)c(F)cc1N(C)C1CCN(C(C)c2ccccc2)CC1. The van der Waals surface area contributed by atoms with Crippen LogP contribution in [-0.4, -0.2) is 49.5 Å².